The van der Waals surface area contributed by atoms with Crippen molar-refractivity contribution in [3.05, 3.63) is 34.4 Å². The van der Waals surface area contributed by atoms with Crippen molar-refractivity contribution < 1.29 is 19.4 Å². The van der Waals surface area contributed by atoms with Crippen molar-refractivity contribution in [1.29, 1.82) is 0 Å². The van der Waals surface area contributed by atoms with Crippen LogP contribution in [0.1, 0.15) is 56.9 Å². The van der Waals surface area contributed by atoms with Crippen molar-refractivity contribution in [2.45, 2.75) is 65.9 Å². The second-order valence-corrected chi connectivity index (χ2v) is 5.95. The molecule has 4 nitrogen and oxygen atoms in total. The Labute approximate surface area is 132 Å². The van der Waals surface area contributed by atoms with E-state index in [0.717, 1.165) is 36.0 Å². The minimum atomic E-state index is -1.66. The number of esters is 2. The summed E-state index contributed by atoms with van der Waals surface area (Å²) in [5.41, 5.74) is 2.75. The first kappa shape index (κ1) is 18.4. The molecule has 122 valence electrons. The summed E-state index contributed by atoms with van der Waals surface area (Å²) in [5.74, 6) is -1.54. The van der Waals surface area contributed by atoms with Gasteiger partial charge in [0, 0.05) is 0 Å². The lowest BCUT2D eigenvalue weighted by atomic mass is 9.92. The summed E-state index contributed by atoms with van der Waals surface area (Å²) in [4.78, 5) is 23.6. The number of benzene rings is 1. The molecule has 0 aliphatic heterocycles. The van der Waals surface area contributed by atoms with E-state index in [9.17, 15) is 14.7 Å². The highest BCUT2D eigenvalue weighted by Gasteiger charge is 2.28. The van der Waals surface area contributed by atoms with Gasteiger partial charge < -0.3 is 9.84 Å². The van der Waals surface area contributed by atoms with E-state index in [4.69, 9.17) is 4.74 Å². The van der Waals surface area contributed by atoms with Crippen molar-refractivity contribution in [2.24, 2.45) is 0 Å². The Morgan fingerprint density at radius 2 is 1.55 bits per heavy atom. The molecule has 1 rings (SSSR count). The molecular formula is C18H26O4. The molecule has 0 aliphatic carbocycles. The van der Waals surface area contributed by atoms with Gasteiger partial charge in [-0.25, -0.2) is 4.79 Å². The van der Waals surface area contributed by atoms with Crippen LogP contribution in [-0.2, 0) is 40.0 Å². The minimum absolute atomic E-state index is 0.0537. The first-order valence-electron chi connectivity index (χ1n) is 7.83. The molecule has 0 amide bonds. The van der Waals surface area contributed by atoms with Gasteiger partial charge in [-0.1, -0.05) is 32.9 Å². The molecule has 0 aromatic heterocycles. The smallest absolute Gasteiger partial charge is 0.345 e. The fourth-order valence-corrected chi connectivity index (χ4v) is 2.34. The largest absolute Gasteiger partial charge is 0.391 e. The van der Waals surface area contributed by atoms with E-state index in [1.54, 1.807) is 0 Å². The average molecular weight is 306 g/mol. The molecule has 1 N–H and O–H groups in total. The molecule has 0 bridgehead atoms. The summed E-state index contributed by atoms with van der Waals surface area (Å²) in [6.45, 7) is 8.79. The fourth-order valence-electron chi connectivity index (χ4n) is 2.34. The van der Waals surface area contributed by atoms with Gasteiger partial charge in [0.2, 0.25) is 0 Å². The van der Waals surface area contributed by atoms with Gasteiger partial charge in [-0.2, -0.15) is 0 Å². The summed E-state index contributed by atoms with van der Waals surface area (Å²) < 4.78 is 4.75. The minimum Gasteiger partial charge on any atom is -0.391 e. The van der Waals surface area contributed by atoms with Crippen molar-refractivity contribution in [3.8, 4) is 0 Å². The summed E-state index contributed by atoms with van der Waals surface area (Å²) in [5, 5.41) is 9.54. The van der Waals surface area contributed by atoms with Crippen molar-refractivity contribution in [1.82, 2.24) is 0 Å². The predicted octanol–water partition coefficient (Wildman–Crippen LogP) is 2.76. The first-order chi connectivity index (χ1) is 10.2. The monoisotopic (exact) mass is 306 g/mol. The van der Waals surface area contributed by atoms with E-state index in [1.807, 2.05) is 13.8 Å². The summed E-state index contributed by atoms with van der Waals surface area (Å²) in [6, 6.07) is 4.22. The van der Waals surface area contributed by atoms with Crippen molar-refractivity contribution >= 4 is 11.9 Å². The molecule has 1 aromatic rings. The van der Waals surface area contributed by atoms with Crippen LogP contribution < -0.4 is 0 Å². The van der Waals surface area contributed by atoms with E-state index < -0.39 is 17.5 Å². The van der Waals surface area contributed by atoms with Crippen LogP contribution >= 0.6 is 0 Å². The molecule has 22 heavy (non-hydrogen) atoms. The van der Waals surface area contributed by atoms with Gasteiger partial charge >= 0.3 is 11.9 Å². The van der Waals surface area contributed by atoms with Crippen LogP contribution in [0, 0.1) is 0 Å². The standard InChI is InChI=1S/C18H26O4/c1-6-12-9-13(7-2)15(14(8-3)10-12)11-16(19)22-17(20)18(4,5)21/h9-10,21H,6-8,11H2,1-5H3. The van der Waals surface area contributed by atoms with Gasteiger partial charge in [0.15, 0.2) is 5.60 Å². The van der Waals surface area contributed by atoms with Gasteiger partial charge in [-0.3, -0.25) is 4.79 Å². The maximum absolute atomic E-state index is 12.0. The van der Waals surface area contributed by atoms with Crippen LogP contribution in [-0.4, -0.2) is 22.6 Å². The van der Waals surface area contributed by atoms with Gasteiger partial charge in [0.1, 0.15) is 0 Å². The van der Waals surface area contributed by atoms with Gasteiger partial charge in [-0.15, -0.1) is 0 Å². The lowest BCUT2D eigenvalue weighted by Gasteiger charge is -2.17. The SMILES string of the molecule is CCc1cc(CC)c(CC(=O)OC(=O)C(C)(C)O)c(CC)c1. The third kappa shape index (κ3) is 4.67. The Kier molecular flexibility index (Phi) is 6.30. The molecule has 0 saturated heterocycles. The molecule has 1 aromatic carbocycles. The zero-order valence-electron chi connectivity index (χ0n) is 14.2. The number of hydrogen-bond acceptors (Lipinski definition) is 4. The predicted molar refractivity (Wildman–Crippen MR) is 85.7 cm³/mol. The highest BCUT2D eigenvalue weighted by Crippen LogP contribution is 2.21. The molecule has 0 fully saturated rings. The molecule has 0 radical (unpaired) electrons. The number of carbonyl (C=O) groups excluding carboxylic acids is 2. The van der Waals surface area contributed by atoms with Gasteiger partial charge in [-0.05, 0) is 55.4 Å². The topological polar surface area (TPSA) is 63.6 Å². The number of hydrogen-bond donors (Lipinski definition) is 1. The molecule has 4 heteroatoms. The van der Waals surface area contributed by atoms with Crippen molar-refractivity contribution in [2.75, 3.05) is 0 Å². The third-order valence-electron chi connectivity index (χ3n) is 3.69. The van der Waals surface area contributed by atoms with E-state index in [-0.39, 0.29) is 6.42 Å². The zero-order chi connectivity index (χ0) is 16.9. The Morgan fingerprint density at radius 3 is 1.91 bits per heavy atom. The molecule has 0 aliphatic rings. The molecule has 0 heterocycles. The van der Waals surface area contributed by atoms with Crippen LogP contribution in [0.4, 0.5) is 0 Å². The molecular weight excluding hydrogens is 280 g/mol. The molecule has 0 unspecified atom stereocenters. The van der Waals surface area contributed by atoms with E-state index in [0.29, 0.717) is 0 Å². The van der Waals surface area contributed by atoms with Crippen LogP contribution in [0.3, 0.4) is 0 Å². The second-order valence-electron chi connectivity index (χ2n) is 5.95. The van der Waals surface area contributed by atoms with E-state index in [2.05, 4.69) is 19.1 Å². The van der Waals surface area contributed by atoms with Crippen LogP contribution in [0.25, 0.3) is 0 Å². The van der Waals surface area contributed by atoms with E-state index in [1.165, 1.54) is 19.4 Å². The van der Waals surface area contributed by atoms with Crippen LogP contribution in [0.2, 0.25) is 0 Å². The average Bonchev–Trinajstić information content (AvgIpc) is 2.46. The maximum Gasteiger partial charge on any atom is 0.345 e. The summed E-state index contributed by atoms with van der Waals surface area (Å²) in [6.07, 6.45) is 2.64. The first-order valence-corrected chi connectivity index (χ1v) is 7.83. The Hall–Kier alpha value is -1.68. The highest BCUT2D eigenvalue weighted by atomic mass is 16.6. The van der Waals surface area contributed by atoms with E-state index >= 15 is 0 Å². The maximum atomic E-state index is 12.0. The number of ether oxygens (including phenoxy) is 1. The second kappa shape index (κ2) is 7.54. The molecule has 0 saturated carbocycles. The molecule has 0 atom stereocenters. The van der Waals surface area contributed by atoms with Crippen LogP contribution in [0.5, 0.6) is 0 Å². The van der Waals surface area contributed by atoms with Crippen LogP contribution in [0.15, 0.2) is 12.1 Å². The van der Waals surface area contributed by atoms with Gasteiger partial charge in [0.05, 0.1) is 6.42 Å². The Bertz CT molecular complexity index is 528. The lowest BCUT2D eigenvalue weighted by molar-refractivity contribution is -0.171. The number of rotatable bonds is 6. The Morgan fingerprint density at radius 1 is 1.05 bits per heavy atom. The number of aliphatic hydroxyl groups is 1. The zero-order valence-corrected chi connectivity index (χ0v) is 14.2. The lowest BCUT2D eigenvalue weighted by Crippen LogP contribution is -2.35. The summed E-state index contributed by atoms with van der Waals surface area (Å²) >= 11 is 0. The Balaban J connectivity index is 3.01. The van der Waals surface area contributed by atoms with Gasteiger partial charge in [0.25, 0.3) is 0 Å². The highest BCUT2D eigenvalue weighted by molar-refractivity contribution is 5.90. The third-order valence-corrected chi connectivity index (χ3v) is 3.69. The summed E-state index contributed by atoms with van der Waals surface area (Å²) in [7, 11) is 0. The normalized spacial score (nSPS) is 11.4. The fraction of sp³-hybridized carbons (Fsp3) is 0.556. The number of carbonyl (C=O) groups is 2. The van der Waals surface area contributed by atoms with Crippen molar-refractivity contribution in [3.63, 3.8) is 0 Å². The quantitative estimate of drug-likeness (QED) is 0.648. The molecule has 0 spiro atoms. The number of aryl methyl sites for hydroxylation is 3.